The molecule has 3 saturated carbocycles. The Morgan fingerprint density at radius 2 is 1.60 bits per heavy atom. The van der Waals surface area contributed by atoms with E-state index in [0.717, 1.165) is 32.1 Å². The lowest BCUT2D eigenvalue weighted by Gasteiger charge is -2.70. The van der Waals surface area contributed by atoms with E-state index in [4.69, 9.17) is 33.2 Å². The largest absolute Gasteiger partial charge is 0.465 e. The molecule has 0 radical (unpaired) electrons. The van der Waals surface area contributed by atoms with Crippen molar-refractivity contribution < 1.29 is 78.2 Å². The van der Waals surface area contributed by atoms with Crippen molar-refractivity contribution in [2.75, 3.05) is 13.2 Å². The Labute approximate surface area is 352 Å². The maximum absolute atomic E-state index is 13.3. The van der Waals surface area contributed by atoms with Gasteiger partial charge in [0.2, 0.25) is 0 Å². The molecule has 340 valence electrons. The van der Waals surface area contributed by atoms with Gasteiger partial charge in [-0.1, -0.05) is 34.6 Å². The molecule has 0 bridgehead atoms. The van der Waals surface area contributed by atoms with Crippen molar-refractivity contribution >= 4 is 17.9 Å². The monoisotopic (exact) mass is 852 g/mol. The topological polar surface area (TPSA) is 237 Å². The maximum Gasteiger partial charge on any atom is 0.334 e. The van der Waals surface area contributed by atoms with Crippen LogP contribution in [0.2, 0.25) is 0 Å². The highest BCUT2D eigenvalue weighted by Crippen LogP contribution is 2.74. The standard InChI is InChI=1S/C44H68O16/c1-20-15-24(57-38(20)53)16-26(56-23(4)46)21(2)25-9-10-29-42(7)13-12-30(41(5,6)28(42)11-14-43(29,8)44(25)17-31(47)54-19-44)59-40-37(35(51)33(49)27(18-45)58-40)60-39-36(52)34(50)32(48)22(3)55-39/h15,21-22,24-30,32-37,39-40,45,48-52H,9-14,16-19H2,1-8H3/t21-,22+,24+,25-,26+,27-,28+,29-,30+,32+,33-,34-,35+,36-,37-,39+,40+,42+,43-,44+/m1/s1. The Bertz CT molecular complexity index is 1650. The third-order valence-corrected chi connectivity index (χ3v) is 16.8. The Hall–Kier alpha value is -2.25. The minimum Gasteiger partial charge on any atom is -0.465 e. The normalized spacial score (nSPS) is 48.6. The number of cyclic esters (lactones) is 2. The first-order valence-corrected chi connectivity index (χ1v) is 21.9. The lowest BCUT2D eigenvalue weighted by Crippen LogP contribution is -2.67. The number of fused-ring (bicyclic) bond motifs is 4. The first-order chi connectivity index (χ1) is 28.1. The number of hydrogen-bond acceptors (Lipinski definition) is 16. The lowest BCUT2D eigenvalue weighted by atomic mass is 9.34. The highest BCUT2D eigenvalue weighted by atomic mass is 16.8. The van der Waals surface area contributed by atoms with Crippen molar-refractivity contribution in [1.82, 2.24) is 0 Å². The molecule has 6 fully saturated rings. The van der Waals surface area contributed by atoms with Gasteiger partial charge < -0.3 is 63.8 Å². The summed E-state index contributed by atoms with van der Waals surface area (Å²) in [6.07, 6.45) is -8.62. The molecule has 3 aliphatic carbocycles. The van der Waals surface area contributed by atoms with E-state index in [1.54, 1.807) is 13.0 Å². The summed E-state index contributed by atoms with van der Waals surface area (Å²) in [5, 5.41) is 63.8. The van der Waals surface area contributed by atoms with Gasteiger partial charge in [0.15, 0.2) is 12.6 Å². The molecule has 0 amide bonds. The molecule has 7 rings (SSSR count). The molecule has 3 saturated heterocycles. The van der Waals surface area contributed by atoms with Gasteiger partial charge in [-0.25, -0.2) is 4.79 Å². The fraction of sp³-hybridized carbons (Fsp3) is 0.886. The van der Waals surface area contributed by atoms with E-state index in [1.165, 1.54) is 13.8 Å². The van der Waals surface area contributed by atoms with Crippen LogP contribution in [0, 0.1) is 45.3 Å². The van der Waals surface area contributed by atoms with Crippen LogP contribution < -0.4 is 0 Å². The summed E-state index contributed by atoms with van der Waals surface area (Å²) < 4.78 is 42.1. The van der Waals surface area contributed by atoms with E-state index in [1.807, 2.05) is 0 Å². The van der Waals surface area contributed by atoms with Crippen molar-refractivity contribution in [3.8, 4) is 0 Å². The molecule has 6 N–H and O–H groups in total. The molecule has 16 heteroatoms. The van der Waals surface area contributed by atoms with Gasteiger partial charge in [-0.15, -0.1) is 0 Å². The molecule has 4 aliphatic heterocycles. The molecule has 0 aromatic rings. The predicted octanol–water partition coefficient (Wildman–Crippen LogP) is 2.06. The van der Waals surface area contributed by atoms with Crippen molar-refractivity contribution in [3.05, 3.63) is 11.6 Å². The van der Waals surface area contributed by atoms with Crippen LogP contribution in [0.3, 0.4) is 0 Å². The zero-order valence-electron chi connectivity index (χ0n) is 36.2. The number of esters is 3. The van der Waals surface area contributed by atoms with Gasteiger partial charge in [-0.2, -0.15) is 0 Å². The molecule has 1 spiro atoms. The predicted molar refractivity (Wildman–Crippen MR) is 209 cm³/mol. The van der Waals surface area contributed by atoms with Crippen LogP contribution in [0.5, 0.6) is 0 Å². The van der Waals surface area contributed by atoms with Crippen molar-refractivity contribution in [2.45, 2.75) is 186 Å². The number of aliphatic hydroxyl groups is 6. The van der Waals surface area contributed by atoms with Gasteiger partial charge in [0.1, 0.15) is 54.9 Å². The third-order valence-electron chi connectivity index (χ3n) is 16.8. The first kappa shape index (κ1) is 45.8. The minimum atomic E-state index is -1.68. The molecular weight excluding hydrogens is 784 g/mol. The van der Waals surface area contributed by atoms with E-state index >= 15 is 0 Å². The van der Waals surface area contributed by atoms with E-state index in [2.05, 4.69) is 34.6 Å². The van der Waals surface area contributed by atoms with Crippen LogP contribution in [-0.2, 0) is 47.5 Å². The van der Waals surface area contributed by atoms with E-state index in [0.29, 0.717) is 18.4 Å². The molecule has 16 nitrogen and oxygen atoms in total. The molecular formula is C44H68O16. The Morgan fingerprint density at radius 3 is 2.22 bits per heavy atom. The quantitative estimate of drug-likeness (QED) is 0.105. The van der Waals surface area contributed by atoms with Crippen LogP contribution in [0.1, 0.15) is 107 Å². The maximum atomic E-state index is 13.3. The average molecular weight is 853 g/mol. The zero-order chi connectivity index (χ0) is 43.9. The fourth-order valence-electron chi connectivity index (χ4n) is 13.6. The second kappa shape index (κ2) is 16.7. The van der Waals surface area contributed by atoms with Gasteiger partial charge in [-0.05, 0) is 98.4 Å². The van der Waals surface area contributed by atoms with Crippen molar-refractivity contribution in [2.24, 2.45) is 45.3 Å². The van der Waals surface area contributed by atoms with Crippen LogP contribution in [0.4, 0.5) is 0 Å². The summed E-state index contributed by atoms with van der Waals surface area (Å²) in [5.74, 6) is -0.875. The molecule has 0 aromatic heterocycles. The summed E-state index contributed by atoms with van der Waals surface area (Å²) in [7, 11) is 0. The smallest absolute Gasteiger partial charge is 0.334 e. The number of rotatable bonds is 10. The minimum absolute atomic E-state index is 0.0229. The fourth-order valence-corrected chi connectivity index (χ4v) is 13.6. The molecule has 0 unspecified atom stereocenters. The summed E-state index contributed by atoms with van der Waals surface area (Å²) in [4.78, 5) is 38.1. The summed E-state index contributed by atoms with van der Waals surface area (Å²) in [6.45, 7) is 15.4. The highest BCUT2D eigenvalue weighted by Gasteiger charge is 2.71. The first-order valence-electron chi connectivity index (χ1n) is 21.9. The highest BCUT2D eigenvalue weighted by molar-refractivity contribution is 5.90. The van der Waals surface area contributed by atoms with Gasteiger partial charge in [0.05, 0.1) is 31.8 Å². The average Bonchev–Trinajstić information content (AvgIpc) is 3.73. The van der Waals surface area contributed by atoms with Crippen molar-refractivity contribution in [3.63, 3.8) is 0 Å². The van der Waals surface area contributed by atoms with Gasteiger partial charge in [-0.3, -0.25) is 9.59 Å². The van der Waals surface area contributed by atoms with Crippen LogP contribution >= 0.6 is 0 Å². The van der Waals surface area contributed by atoms with E-state index in [9.17, 15) is 45.0 Å². The molecule has 7 aliphatic rings. The summed E-state index contributed by atoms with van der Waals surface area (Å²) >= 11 is 0. The number of aliphatic hydroxyl groups excluding tert-OH is 6. The van der Waals surface area contributed by atoms with Crippen LogP contribution in [0.25, 0.3) is 0 Å². The second-order valence-electron chi connectivity index (χ2n) is 20.3. The zero-order valence-corrected chi connectivity index (χ0v) is 36.2. The Balaban J connectivity index is 1.13. The second-order valence-corrected chi connectivity index (χ2v) is 20.3. The Kier molecular flexibility index (Phi) is 12.7. The molecule has 60 heavy (non-hydrogen) atoms. The van der Waals surface area contributed by atoms with Gasteiger partial charge in [0.25, 0.3) is 0 Å². The Morgan fingerprint density at radius 1 is 0.883 bits per heavy atom. The molecule has 4 heterocycles. The number of ether oxygens (including phenoxy) is 7. The number of carbonyl (C=O) groups excluding carboxylic acids is 3. The number of hydrogen-bond donors (Lipinski definition) is 6. The SMILES string of the molecule is CC(=O)O[C@@H](C[C@@H]1C=C(C)C(=O)O1)[C@H](C)[C@H]1CC[C@@H]2[C@@]3(C)CC[C@H](O[C@@H]4O[C@H](CO)[C@@H](O)[C@H](O)[C@H]4O[C@@H]4O[C@@H](C)[C@H](O)[C@@H](O)[C@H]4O)C(C)(C)[C@@H]3CC[C@@]2(C)[C@@]12COC(=O)C2. The summed E-state index contributed by atoms with van der Waals surface area (Å²) in [5.41, 5.74) is -0.995. The van der Waals surface area contributed by atoms with Gasteiger partial charge in [0, 0.05) is 24.3 Å². The van der Waals surface area contributed by atoms with Crippen molar-refractivity contribution in [1.29, 1.82) is 0 Å². The third kappa shape index (κ3) is 7.55. The number of carbonyl (C=O) groups is 3. The summed E-state index contributed by atoms with van der Waals surface area (Å²) in [6, 6.07) is 0. The van der Waals surface area contributed by atoms with E-state index in [-0.39, 0.29) is 59.5 Å². The van der Waals surface area contributed by atoms with Gasteiger partial charge >= 0.3 is 17.9 Å². The molecule has 0 aromatic carbocycles. The lowest BCUT2D eigenvalue weighted by molar-refractivity contribution is -0.376. The van der Waals surface area contributed by atoms with Crippen LogP contribution in [0.15, 0.2) is 11.6 Å². The van der Waals surface area contributed by atoms with E-state index < -0.39 is 103 Å². The molecule has 20 atom stereocenters. The van der Waals surface area contributed by atoms with Crippen LogP contribution in [-0.4, -0.2) is 141 Å².